The van der Waals surface area contributed by atoms with Crippen molar-refractivity contribution in [1.29, 1.82) is 0 Å². The fourth-order valence-electron chi connectivity index (χ4n) is 4.09. The lowest BCUT2D eigenvalue weighted by molar-refractivity contribution is 0.1000. The summed E-state index contributed by atoms with van der Waals surface area (Å²) in [7, 11) is 0. The fourth-order valence-corrected chi connectivity index (χ4v) is 4.09. The number of rotatable bonds is 7. The molecule has 4 rings (SSSR count). The molecule has 0 spiro atoms. The number of aromatic nitrogens is 4. The van der Waals surface area contributed by atoms with Crippen molar-refractivity contribution in [3.63, 3.8) is 0 Å². The summed E-state index contributed by atoms with van der Waals surface area (Å²) < 4.78 is 7.50. The van der Waals surface area contributed by atoms with Gasteiger partial charge in [0.15, 0.2) is 5.78 Å². The predicted molar refractivity (Wildman–Crippen MR) is 153 cm³/mol. The highest BCUT2D eigenvalue weighted by Crippen LogP contribution is 2.32. The standard InChI is InChI=1S/C20H28N2O2.C8H8N2.CH4S/c1-7-12-24-18-10-8-17(9-11-18)14(4)19-15(5)21-22(13(2)3)20(19)16(6)23;1-6-2-3-7-8(4-6)10-5-9-7;1-2/h8-11,13-14H,7,12H2,1-6H3;2-5H,1H3,(H,9,10);2H,1H3. The number of carbonyl (C=O) groups excluding carboxylic acids is 1. The molecule has 0 bridgehead atoms. The van der Waals surface area contributed by atoms with Crippen LogP contribution in [-0.4, -0.2) is 38.4 Å². The van der Waals surface area contributed by atoms with Crippen molar-refractivity contribution in [1.82, 2.24) is 19.7 Å². The molecule has 0 amide bonds. The lowest BCUT2D eigenvalue weighted by Crippen LogP contribution is -2.13. The number of ether oxygens (including phenoxy) is 1. The molecule has 0 radical (unpaired) electrons. The van der Waals surface area contributed by atoms with Gasteiger partial charge in [0, 0.05) is 24.4 Å². The second-order valence-electron chi connectivity index (χ2n) is 9.00. The van der Waals surface area contributed by atoms with Gasteiger partial charge in [-0.05, 0) is 75.8 Å². The zero-order valence-corrected chi connectivity index (χ0v) is 23.7. The lowest BCUT2D eigenvalue weighted by atomic mass is 9.90. The molecule has 0 aliphatic rings. The minimum absolute atomic E-state index is 0.0639. The van der Waals surface area contributed by atoms with Crippen molar-refractivity contribution in [2.24, 2.45) is 0 Å². The normalized spacial score (nSPS) is 11.4. The first-order valence-corrected chi connectivity index (χ1v) is 13.3. The maximum absolute atomic E-state index is 12.2. The van der Waals surface area contributed by atoms with Crippen LogP contribution in [0.5, 0.6) is 5.75 Å². The quantitative estimate of drug-likeness (QED) is 0.202. The summed E-state index contributed by atoms with van der Waals surface area (Å²) in [5.74, 6) is 1.06. The molecule has 0 aliphatic carbocycles. The fraction of sp³-hybridized carbons (Fsp3) is 0.414. The van der Waals surface area contributed by atoms with Gasteiger partial charge in [-0.1, -0.05) is 32.0 Å². The molecule has 0 saturated carbocycles. The van der Waals surface area contributed by atoms with Crippen LogP contribution in [0, 0.1) is 13.8 Å². The Morgan fingerprint density at radius 3 is 2.33 bits per heavy atom. The van der Waals surface area contributed by atoms with Crippen molar-refractivity contribution in [2.45, 2.75) is 66.8 Å². The molecule has 0 aliphatic heterocycles. The monoisotopic (exact) mass is 508 g/mol. The van der Waals surface area contributed by atoms with Crippen LogP contribution in [0.3, 0.4) is 0 Å². The predicted octanol–water partition coefficient (Wildman–Crippen LogP) is 7.33. The Bertz CT molecular complexity index is 1240. The zero-order chi connectivity index (χ0) is 26.8. The van der Waals surface area contributed by atoms with Crippen LogP contribution in [0.25, 0.3) is 11.0 Å². The topological polar surface area (TPSA) is 72.8 Å². The van der Waals surface area contributed by atoms with Crippen molar-refractivity contribution in [3.8, 4) is 5.75 Å². The molecule has 2 heterocycles. The molecular weight excluding hydrogens is 468 g/mol. The van der Waals surface area contributed by atoms with E-state index in [1.165, 1.54) is 5.56 Å². The van der Waals surface area contributed by atoms with Crippen molar-refractivity contribution in [3.05, 3.63) is 76.9 Å². The number of hydrogen-bond donors (Lipinski definition) is 2. The van der Waals surface area contributed by atoms with Crippen LogP contribution in [-0.2, 0) is 0 Å². The largest absolute Gasteiger partial charge is 0.494 e. The molecule has 0 fully saturated rings. The molecule has 2 aromatic heterocycles. The van der Waals surface area contributed by atoms with E-state index in [2.05, 4.69) is 72.7 Å². The summed E-state index contributed by atoms with van der Waals surface area (Å²) in [5.41, 5.74) is 7.24. The van der Waals surface area contributed by atoms with E-state index in [0.717, 1.165) is 52.3 Å². The van der Waals surface area contributed by atoms with Gasteiger partial charge in [0.2, 0.25) is 0 Å². The molecule has 1 atom stereocenters. The number of nitrogens with one attached hydrogen (secondary N) is 1. The van der Waals surface area contributed by atoms with E-state index in [9.17, 15) is 4.79 Å². The first kappa shape index (κ1) is 29.2. The Morgan fingerprint density at radius 1 is 1.08 bits per heavy atom. The number of ketones is 1. The first-order valence-electron chi connectivity index (χ1n) is 12.4. The van der Waals surface area contributed by atoms with Crippen LogP contribution in [0.1, 0.15) is 85.9 Å². The molecule has 6 nitrogen and oxygen atoms in total. The maximum atomic E-state index is 12.2. The Kier molecular flexibility index (Phi) is 11.2. The van der Waals surface area contributed by atoms with Gasteiger partial charge in [0.05, 0.1) is 29.7 Å². The summed E-state index contributed by atoms with van der Waals surface area (Å²) >= 11 is 3.53. The number of imidazole rings is 1. The molecule has 7 heteroatoms. The molecule has 0 saturated heterocycles. The van der Waals surface area contributed by atoms with Crippen molar-refractivity contribution in [2.75, 3.05) is 12.9 Å². The Labute approximate surface area is 220 Å². The van der Waals surface area contributed by atoms with Gasteiger partial charge in [-0.25, -0.2) is 4.98 Å². The summed E-state index contributed by atoms with van der Waals surface area (Å²) in [4.78, 5) is 19.4. The van der Waals surface area contributed by atoms with Crippen molar-refractivity contribution < 1.29 is 9.53 Å². The molecule has 2 aromatic carbocycles. The minimum Gasteiger partial charge on any atom is -0.494 e. The van der Waals surface area contributed by atoms with Gasteiger partial charge in [-0.15, -0.1) is 0 Å². The van der Waals surface area contributed by atoms with E-state index >= 15 is 0 Å². The summed E-state index contributed by atoms with van der Waals surface area (Å²) in [6.45, 7) is 14.7. The van der Waals surface area contributed by atoms with Crippen LogP contribution < -0.4 is 4.74 Å². The number of H-pyrrole nitrogens is 1. The number of fused-ring (bicyclic) bond motifs is 1. The Balaban J connectivity index is 0.000000313. The number of aryl methyl sites for hydroxylation is 2. The number of thiol groups is 1. The van der Waals surface area contributed by atoms with E-state index in [-0.39, 0.29) is 17.7 Å². The third kappa shape index (κ3) is 7.23. The lowest BCUT2D eigenvalue weighted by Gasteiger charge is -2.16. The van der Waals surface area contributed by atoms with Gasteiger partial charge in [-0.3, -0.25) is 9.48 Å². The maximum Gasteiger partial charge on any atom is 0.178 e. The molecular formula is C29H40N4O2S. The van der Waals surface area contributed by atoms with E-state index in [0.29, 0.717) is 0 Å². The van der Waals surface area contributed by atoms with E-state index < -0.39 is 0 Å². The van der Waals surface area contributed by atoms with Gasteiger partial charge < -0.3 is 9.72 Å². The number of nitrogens with zero attached hydrogens (tertiary/aromatic N) is 3. The summed E-state index contributed by atoms with van der Waals surface area (Å²) in [6, 6.07) is 14.5. The van der Waals surface area contributed by atoms with E-state index in [4.69, 9.17) is 4.74 Å². The van der Waals surface area contributed by atoms with E-state index in [1.807, 2.05) is 43.7 Å². The second kappa shape index (κ2) is 13.9. The molecule has 1 N–H and O–H groups in total. The average Bonchev–Trinajstić information content (AvgIpc) is 3.48. The molecule has 1 unspecified atom stereocenters. The highest BCUT2D eigenvalue weighted by molar-refractivity contribution is 7.79. The number of Topliss-reactive ketones (excluding diaryl/α,β-unsaturated/α-hetero) is 1. The molecule has 194 valence electrons. The molecule has 36 heavy (non-hydrogen) atoms. The highest BCUT2D eigenvalue weighted by Gasteiger charge is 2.25. The number of benzene rings is 2. The Hall–Kier alpha value is -3.06. The van der Waals surface area contributed by atoms with Crippen LogP contribution >= 0.6 is 12.6 Å². The third-order valence-corrected chi connectivity index (χ3v) is 5.82. The SMILES string of the molecule is CCCOc1ccc(C(C)c2c(C)nn(C(C)C)c2C(C)=O)cc1.CS.Cc1ccc2nc[nH]c2c1. The third-order valence-electron chi connectivity index (χ3n) is 5.82. The van der Waals surface area contributed by atoms with Crippen LogP contribution in [0.15, 0.2) is 48.8 Å². The first-order chi connectivity index (χ1) is 17.2. The average molecular weight is 509 g/mol. The van der Waals surface area contributed by atoms with Gasteiger partial charge in [0.25, 0.3) is 0 Å². The second-order valence-corrected chi connectivity index (χ2v) is 9.00. The van der Waals surface area contributed by atoms with Crippen LogP contribution in [0.2, 0.25) is 0 Å². The number of hydrogen-bond acceptors (Lipinski definition) is 5. The summed E-state index contributed by atoms with van der Waals surface area (Å²) in [6.07, 6.45) is 4.40. The Morgan fingerprint density at radius 2 is 1.75 bits per heavy atom. The smallest absolute Gasteiger partial charge is 0.178 e. The highest BCUT2D eigenvalue weighted by atomic mass is 32.1. The number of carbonyl (C=O) groups is 1. The van der Waals surface area contributed by atoms with Crippen LogP contribution in [0.4, 0.5) is 0 Å². The van der Waals surface area contributed by atoms with E-state index in [1.54, 1.807) is 19.5 Å². The number of aromatic amines is 1. The molecule has 4 aromatic rings. The van der Waals surface area contributed by atoms with Crippen molar-refractivity contribution >= 4 is 29.4 Å². The van der Waals surface area contributed by atoms with Gasteiger partial charge >= 0.3 is 0 Å². The van der Waals surface area contributed by atoms with Gasteiger partial charge in [0.1, 0.15) is 11.4 Å². The van der Waals surface area contributed by atoms with Gasteiger partial charge in [-0.2, -0.15) is 17.7 Å². The summed E-state index contributed by atoms with van der Waals surface area (Å²) in [5, 5.41) is 4.61. The minimum atomic E-state index is 0.0639. The zero-order valence-electron chi connectivity index (χ0n) is 22.8.